The summed E-state index contributed by atoms with van der Waals surface area (Å²) in [4.78, 5) is 0. The summed E-state index contributed by atoms with van der Waals surface area (Å²) in [5.74, 6) is 1.30. The van der Waals surface area contributed by atoms with Crippen molar-refractivity contribution in [3.05, 3.63) is 28.2 Å². The van der Waals surface area contributed by atoms with Gasteiger partial charge in [0.25, 0.3) is 0 Å². The van der Waals surface area contributed by atoms with Crippen LogP contribution < -0.4 is 10.1 Å². The number of nitrogens with one attached hydrogen (secondary N) is 1. The van der Waals surface area contributed by atoms with Crippen LogP contribution in [0.3, 0.4) is 0 Å². The Hall–Kier alpha value is -0.440. The molecule has 1 aromatic carbocycles. The first-order valence-electron chi connectivity index (χ1n) is 5.82. The van der Waals surface area contributed by atoms with Gasteiger partial charge in [-0.05, 0) is 31.0 Å². The lowest BCUT2D eigenvalue weighted by molar-refractivity contribution is 0.297. The van der Waals surface area contributed by atoms with Gasteiger partial charge in [-0.3, -0.25) is 0 Å². The molecular formula is C13H19Cl2NO. The predicted octanol–water partition coefficient (Wildman–Crippen LogP) is 4.01. The van der Waals surface area contributed by atoms with E-state index in [0.717, 1.165) is 6.54 Å². The topological polar surface area (TPSA) is 21.3 Å². The summed E-state index contributed by atoms with van der Waals surface area (Å²) >= 11 is 11.8. The van der Waals surface area contributed by atoms with Gasteiger partial charge in [0.2, 0.25) is 0 Å². The molecule has 0 fully saturated rings. The fourth-order valence-electron chi connectivity index (χ4n) is 1.28. The number of benzene rings is 1. The minimum atomic E-state index is 0.485. The second kappa shape index (κ2) is 7.10. The standard InChI is InChI=1S/C13H19Cl2NO/c1-9(2)10(3)16-6-7-17-13-5-4-11(14)8-12(13)15/h4-5,8-10,16H,6-7H2,1-3H3. The zero-order valence-electron chi connectivity index (χ0n) is 10.5. The minimum absolute atomic E-state index is 0.485. The third-order valence-corrected chi connectivity index (χ3v) is 3.25. The quantitative estimate of drug-likeness (QED) is 0.793. The van der Waals surface area contributed by atoms with E-state index in [0.29, 0.717) is 34.4 Å². The second-order valence-electron chi connectivity index (χ2n) is 4.41. The van der Waals surface area contributed by atoms with Gasteiger partial charge < -0.3 is 10.1 Å². The Labute approximate surface area is 113 Å². The van der Waals surface area contributed by atoms with Gasteiger partial charge in [-0.15, -0.1) is 0 Å². The maximum absolute atomic E-state index is 5.99. The lowest BCUT2D eigenvalue weighted by Gasteiger charge is -2.17. The van der Waals surface area contributed by atoms with Gasteiger partial charge in [0, 0.05) is 17.6 Å². The molecule has 0 radical (unpaired) electrons. The van der Waals surface area contributed by atoms with E-state index in [1.54, 1.807) is 18.2 Å². The average Bonchev–Trinajstić information content (AvgIpc) is 2.26. The van der Waals surface area contributed by atoms with Crippen molar-refractivity contribution >= 4 is 23.2 Å². The lowest BCUT2D eigenvalue weighted by atomic mass is 10.1. The second-order valence-corrected chi connectivity index (χ2v) is 5.25. The zero-order chi connectivity index (χ0) is 12.8. The number of hydrogen-bond acceptors (Lipinski definition) is 2. The van der Waals surface area contributed by atoms with Crippen molar-refractivity contribution in [1.29, 1.82) is 0 Å². The van der Waals surface area contributed by atoms with Crippen molar-refractivity contribution in [2.75, 3.05) is 13.2 Å². The van der Waals surface area contributed by atoms with Crippen LogP contribution in [0.2, 0.25) is 10.0 Å². The van der Waals surface area contributed by atoms with E-state index in [-0.39, 0.29) is 0 Å². The third-order valence-electron chi connectivity index (χ3n) is 2.72. The van der Waals surface area contributed by atoms with Gasteiger partial charge in [0.15, 0.2) is 0 Å². The van der Waals surface area contributed by atoms with E-state index in [9.17, 15) is 0 Å². The van der Waals surface area contributed by atoms with Crippen molar-refractivity contribution < 1.29 is 4.74 Å². The van der Waals surface area contributed by atoms with Crippen molar-refractivity contribution in [2.45, 2.75) is 26.8 Å². The largest absolute Gasteiger partial charge is 0.491 e. The Morgan fingerprint density at radius 2 is 1.94 bits per heavy atom. The number of ether oxygens (including phenoxy) is 1. The first kappa shape index (κ1) is 14.6. The molecule has 0 aliphatic carbocycles. The molecule has 0 aromatic heterocycles. The molecular weight excluding hydrogens is 257 g/mol. The molecule has 0 aliphatic heterocycles. The Kier molecular flexibility index (Phi) is 6.10. The minimum Gasteiger partial charge on any atom is -0.491 e. The monoisotopic (exact) mass is 275 g/mol. The molecule has 2 nitrogen and oxygen atoms in total. The molecule has 0 aliphatic rings. The van der Waals surface area contributed by atoms with Crippen molar-refractivity contribution in [3.63, 3.8) is 0 Å². The van der Waals surface area contributed by atoms with Gasteiger partial charge in [0.05, 0.1) is 5.02 Å². The van der Waals surface area contributed by atoms with Gasteiger partial charge in [-0.2, -0.15) is 0 Å². The molecule has 0 spiro atoms. The smallest absolute Gasteiger partial charge is 0.138 e. The third kappa shape index (κ3) is 5.15. The Bertz CT molecular complexity index is 355. The molecule has 0 amide bonds. The zero-order valence-corrected chi connectivity index (χ0v) is 12.0. The van der Waals surface area contributed by atoms with Crippen LogP contribution in [0.25, 0.3) is 0 Å². The van der Waals surface area contributed by atoms with Crippen LogP contribution >= 0.6 is 23.2 Å². The van der Waals surface area contributed by atoms with E-state index >= 15 is 0 Å². The highest BCUT2D eigenvalue weighted by molar-refractivity contribution is 6.35. The van der Waals surface area contributed by atoms with Gasteiger partial charge >= 0.3 is 0 Å². The maximum Gasteiger partial charge on any atom is 0.138 e. The molecule has 1 atom stereocenters. The molecule has 96 valence electrons. The van der Waals surface area contributed by atoms with E-state index in [4.69, 9.17) is 27.9 Å². The molecule has 4 heteroatoms. The Balaban J connectivity index is 2.31. The summed E-state index contributed by atoms with van der Waals surface area (Å²) in [6.07, 6.45) is 0. The first-order valence-corrected chi connectivity index (χ1v) is 6.57. The number of rotatable bonds is 6. The summed E-state index contributed by atoms with van der Waals surface area (Å²) in [5, 5.41) is 4.56. The average molecular weight is 276 g/mol. The molecule has 0 saturated carbocycles. The van der Waals surface area contributed by atoms with E-state index < -0.39 is 0 Å². The molecule has 1 aromatic rings. The molecule has 17 heavy (non-hydrogen) atoms. The number of hydrogen-bond donors (Lipinski definition) is 1. The summed E-state index contributed by atoms with van der Waals surface area (Å²) in [5.41, 5.74) is 0. The molecule has 0 saturated heterocycles. The van der Waals surface area contributed by atoms with Crippen LogP contribution in [0, 0.1) is 5.92 Å². The van der Waals surface area contributed by atoms with Crippen LogP contribution in [-0.4, -0.2) is 19.2 Å². The van der Waals surface area contributed by atoms with Gasteiger partial charge in [-0.25, -0.2) is 0 Å². The van der Waals surface area contributed by atoms with Gasteiger partial charge in [-0.1, -0.05) is 37.0 Å². The highest BCUT2D eigenvalue weighted by Gasteiger charge is 2.06. The van der Waals surface area contributed by atoms with Crippen LogP contribution in [0.1, 0.15) is 20.8 Å². The summed E-state index contributed by atoms with van der Waals surface area (Å²) in [6.45, 7) is 7.94. The van der Waals surface area contributed by atoms with Crippen molar-refractivity contribution in [3.8, 4) is 5.75 Å². The van der Waals surface area contributed by atoms with E-state index in [1.807, 2.05) is 0 Å². The van der Waals surface area contributed by atoms with Crippen LogP contribution in [0.15, 0.2) is 18.2 Å². The molecule has 1 N–H and O–H groups in total. The predicted molar refractivity (Wildman–Crippen MR) is 74.3 cm³/mol. The summed E-state index contributed by atoms with van der Waals surface area (Å²) < 4.78 is 5.57. The molecule has 0 bridgehead atoms. The summed E-state index contributed by atoms with van der Waals surface area (Å²) in [6, 6.07) is 5.73. The number of halogens is 2. The van der Waals surface area contributed by atoms with Crippen molar-refractivity contribution in [1.82, 2.24) is 5.32 Å². The van der Waals surface area contributed by atoms with Gasteiger partial charge in [0.1, 0.15) is 12.4 Å². The highest BCUT2D eigenvalue weighted by atomic mass is 35.5. The fourth-order valence-corrected chi connectivity index (χ4v) is 1.74. The molecule has 1 unspecified atom stereocenters. The summed E-state index contributed by atoms with van der Waals surface area (Å²) in [7, 11) is 0. The Morgan fingerprint density at radius 3 is 2.53 bits per heavy atom. The van der Waals surface area contributed by atoms with Crippen LogP contribution in [-0.2, 0) is 0 Å². The van der Waals surface area contributed by atoms with Crippen molar-refractivity contribution in [2.24, 2.45) is 5.92 Å². The SMILES string of the molecule is CC(C)C(C)NCCOc1ccc(Cl)cc1Cl. The van der Waals surface area contributed by atoms with Crippen LogP contribution in [0.5, 0.6) is 5.75 Å². The maximum atomic E-state index is 5.99. The molecule has 1 rings (SSSR count). The fraction of sp³-hybridized carbons (Fsp3) is 0.538. The normalized spacial score (nSPS) is 12.8. The van der Waals surface area contributed by atoms with E-state index in [1.165, 1.54) is 0 Å². The molecule has 0 heterocycles. The first-order chi connectivity index (χ1) is 8.00. The lowest BCUT2D eigenvalue weighted by Crippen LogP contribution is -2.33. The van der Waals surface area contributed by atoms with E-state index in [2.05, 4.69) is 26.1 Å². The Morgan fingerprint density at radius 1 is 1.24 bits per heavy atom. The van der Waals surface area contributed by atoms with Crippen LogP contribution in [0.4, 0.5) is 0 Å². The highest BCUT2D eigenvalue weighted by Crippen LogP contribution is 2.27.